The number of benzene rings is 1. The van der Waals surface area contributed by atoms with Gasteiger partial charge in [0, 0.05) is 15.3 Å². The number of thiazole rings is 1. The average molecular weight is 309 g/mol. The minimum atomic E-state index is 0.467. The quantitative estimate of drug-likeness (QED) is 0.868. The van der Waals surface area contributed by atoms with E-state index in [0.717, 1.165) is 12.8 Å². The molecular weight excluding hydrogens is 296 g/mol. The van der Waals surface area contributed by atoms with Crippen LogP contribution in [-0.4, -0.2) is 4.98 Å². The Labute approximate surface area is 113 Å². The first-order valence-corrected chi connectivity index (χ1v) is 7.27. The molecule has 2 nitrogen and oxygen atoms in total. The number of nitrogens with zero attached hydrogens (tertiary/aromatic N) is 1. The second-order valence-corrected chi connectivity index (χ2v) is 6.40. The number of nitrogen functional groups attached to an aromatic ring is 1. The SMILES string of the molecule is Cc1ccc(C2CCc3nc(N)sc32)c(Br)c1. The highest BCUT2D eigenvalue weighted by molar-refractivity contribution is 9.10. The Hall–Kier alpha value is -0.870. The zero-order valence-corrected chi connectivity index (χ0v) is 11.9. The summed E-state index contributed by atoms with van der Waals surface area (Å²) >= 11 is 5.31. The van der Waals surface area contributed by atoms with Crippen molar-refractivity contribution < 1.29 is 0 Å². The number of halogens is 1. The lowest BCUT2D eigenvalue weighted by Gasteiger charge is -2.12. The van der Waals surface area contributed by atoms with Gasteiger partial charge in [0.15, 0.2) is 5.13 Å². The van der Waals surface area contributed by atoms with Crippen molar-refractivity contribution in [2.45, 2.75) is 25.7 Å². The summed E-state index contributed by atoms with van der Waals surface area (Å²) in [4.78, 5) is 5.75. The van der Waals surface area contributed by atoms with E-state index in [1.807, 2.05) is 0 Å². The van der Waals surface area contributed by atoms with Crippen LogP contribution in [0, 0.1) is 6.92 Å². The lowest BCUT2D eigenvalue weighted by Crippen LogP contribution is -1.96. The summed E-state index contributed by atoms with van der Waals surface area (Å²) in [5.41, 5.74) is 9.63. The molecule has 0 aliphatic heterocycles. The molecule has 17 heavy (non-hydrogen) atoms. The van der Waals surface area contributed by atoms with Gasteiger partial charge in [-0.15, -0.1) is 11.3 Å². The van der Waals surface area contributed by atoms with E-state index in [-0.39, 0.29) is 0 Å². The van der Waals surface area contributed by atoms with E-state index in [2.05, 4.69) is 46.0 Å². The van der Waals surface area contributed by atoms with Crippen LogP contribution in [0.2, 0.25) is 0 Å². The van der Waals surface area contributed by atoms with Crippen LogP contribution in [0.15, 0.2) is 22.7 Å². The molecule has 1 unspecified atom stereocenters. The Morgan fingerprint density at radius 1 is 1.47 bits per heavy atom. The fourth-order valence-corrected chi connectivity index (χ4v) is 4.26. The van der Waals surface area contributed by atoms with Crippen molar-refractivity contribution in [2.75, 3.05) is 5.73 Å². The molecule has 88 valence electrons. The summed E-state index contributed by atoms with van der Waals surface area (Å²) < 4.78 is 1.20. The third kappa shape index (κ3) is 1.89. The van der Waals surface area contributed by atoms with Crippen LogP contribution < -0.4 is 5.73 Å². The Kier molecular flexibility index (Phi) is 2.71. The standard InChI is InChI=1S/C13H13BrN2S/c1-7-2-3-8(10(14)6-7)9-4-5-11-12(9)17-13(15)16-11/h2-3,6,9H,4-5H2,1H3,(H2,15,16). The number of hydrogen-bond acceptors (Lipinski definition) is 3. The molecule has 2 N–H and O–H groups in total. The van der Waals surface area contributed by atoms with Crippen molar-refractivity contribution in [2.24, 2.45) is 0 Å². The molecule has 1 aromatic carbocycles. The lowest BCUT2D eigenvalue weighted by atomic mass is 9.97. The summed E-state index contributed by atoms with van der Waals surface area (Å²) in [6, 6.07) is 6.56. The van der Waals surface area contributed by atoms with E-state index >= 15 is 0 Å². The van der Waals surface area contributed by atoms with Gasteiger partial charge >= 0.3 is 0 Å². The topological polar surface area (TPSA) is 38.9 Å². The van der Waals surface area contributed by atoms with Crippen LogP contribution in [-0.2, 0) is 6.42 Å². The van der Waals surface area contributed by atoms with Gasteiger partial charge in [-0.2, -0.15) is 0 Å². The number of aromatic nitrogens is 1. The Morgan fingerprint density at radius 3 is 3.06 bits per heavy atom. The van der Waals surface area contributed by atoms with Gasteiger partial charge in [0.1, 0.15) is 0 Å². The Balaban J connectivity index is 2.06. The van der Waals surface area contributed by atoms with Crippen molar-refractivity contribution in [3.63, 3.8) is 0 Å². The third-order valence-corrected chi connectivity index (χ3v) is 4.99. The highest BCUT2D eigenvalue weighted by atomic mass is 79.9. The number of aryl methyl sites for hydroxylation is 2. The summed E-state index contributed by atoms with van der Waals surface area (Å²) in [7, 11) is 0. The van der Waals surface area contributed by atoms with Crippen molar-refractivity contribution >= 4 is 32.4 Å². The smallest absolute Gasteiger partial charge is 0.180 e. The van der Waals surface area contributed by atoms with Gasteiger partial charge in [0.25, 0.3) is 0 Å². The molecule has 0 bridgehead atoms. The molecule has 0 saturated heterocycles. The van der Waals surface area contributed by atoms with Crippen molar-refractivity contribution in [3.05, 3.63) is 44.4 Å². The Bertz CT molecular complexity index is 577. The second-order valence-electron chi connectivity index (χ2n) is 4.48. The molecule has 0 spiro atoms. The van der Waals surface area contributed by atoms with Crippen molar-refractivity contribution in [1.82, 2.24) is 4.98 Å². The van der Waals surface area contributed by atoms with E-state index in [1.165, 1.54) is 26.2 Å². The molecule has 1 aliphatic carbocycles. The van der Waals surface area contributed by atoms with E-state index in [4.69, 9.17) is 5.73 Å². The molecule has 0 fully saturated rings. The predicted molar refractivity (Wildman–Crippen MR) is 75.6 cm³/mol. The highest BCUT2D eigenvalue weighted by Gasteiger charge is 2.28. The molecule has 3 rings (SSSR count). The van der Waals surface area contributed by atoms with E-state index < -0.39 is 0 Å². The van der Waals surface area contributed by atoms with Crippen molar-refractivity contribution in [1.29, 1.82) is 0 Å². The maximum absolute atomic E-state index is 5.79. The van der Waals surface area contributed by atoms with E-state index in [1.54, 1.807) is 11.3 Å². The van der Waals surface area contributed by atoms with Gasteiger partial charge in [-0.1, -0.05) is 28.1 Å². The molecular formula is C13H13BrN2S. The first kappa shape index (κ1) is 11.2. The summed E-state index contributed by atoms with van der Waals surface area (Å²) in [6.45, 7) is 2.11. The van der Waals surface area contributed by atoms with Crippen molar-refractivity contribution in [3.8, 4) is 0 Å². The number of anilines is 1. The second kappa shape index (κ2) is 4.10. The Morgan fingerprint density at radius 2 is 2.29 bits per heavy atom. The van der Waals surface area contributed by atoms with Crippen LogP contribution in [0.5, 0.6) is 0 Å². The molecule has 2 aromatic rings. The minimum Gasteiger partial charge on any atom is -0.375 e. The largest absolute Gasteiger partial charge is 0.375 e. The van der Waals surface area contributed by atoms with E-state index in [0.29, 0.717) is 11.0 Å². The number of fused-ring (bicyclic) bond motifs is 1. The zero-order chi connectivity index (χ0) is 12.0. The molecule has 0 radical (unpaired) electrons. The highest BCUT2D eigenvalue weighted by Crippen LogP contribution is 2.44. The first-order valence-electron chi connectivity index (χ1n) is 5.66. The lowest BCUT2D eigenvalue weighted by molar-refractivity contribution is 0.787. The van der Waals surface area contributed by atoms with Gasteiger partial charge < -0.3 is 5.73 Å². The summed E-state index contributed by atoms with van der Waals surface area (Å²) in [5, 5.41) is 0.697. The van der Waals surface area contributed by atoms with Crippen LogP contribution in [0.4, 0.5) is 5.13 Å². The number of hydrogen-bond donors (Lipinski definition) is 1. The first-order chi connectivity index (χ1) is 8.15. The van der Waals surface area contributed by atoms with Gasteiger partial charge in [-0.25, -0.2) is 4.98 Å². The predicted octanol–water partition coefficient (Wildman–Crippen LogP) is 3.87. The fraction of sp³-hybridized carbons (Fsp3) is 0.308. The van der Waals surface area contributed by atoms with Gasteiger partial charge in [-0.3, -0.25) is 0 Å². The fourth-order valence-electron chi connectivity index (χ4n) is 2.46. The van der Waals surface area contributed by atoms with E-state index in [9.17, 15) is 0 Å². The zero-order valence-electron chi connectivity index (χ0n) is 9.53. The number of nitrogens with two attached hydrogens (primary N) is 1. The third-order valence-electron chi connectivity index (χ3n) is 3.26. The summed E-state index contributed by atoms with van der Waals surface area (Å²) in [5.74, 6) is 0.467. The van der Waals surface area contributed by atoms with Gasteiger partial charge in [0.05, 0.1) is 5.69 Å². The normalized spacial score (nSPS) is 18.4. The monoisotopic (exact) mass is 308 g/mol. The van der Waals surface area contributed by atoms with Gasteiger partial charge in [0.2, 0.25) is 0 Å². The maximum Gasteiger partial charge on any atom is 0.180 e. The molecule has 4 heteroatoms. The van der Waals surface area contributed by atoms with Crippen LogP contribution >= 0.6 is 27.3 Å². The van der Waals surface area contributed by atoms with Crippen LogP contribution in [0.25, 0.3) is 0 Å². The van der Waals surface area contributed by atoms with Gasteiger partial charge in [-0.05, 0) is 37.0 Å². The molecule has 1 heterocycles. The molecule has 1 aromatic heterocycles. The average Bonchev–Trinajstić information content (AvgIpc) is 2.78. The minimum absolute atomic E-state index is 0.467. The molecule has 1 atom stereocenters. The number of rotatable bonds is 1. The molecule has 1 aliphatic rings. The summed E-state index contributed by atoms with van der Waals surface area (Å²) in [6.07, 6.45) is 2.20. The van der Waals surface area contributed by atoms with Crippen LogP contribution in [0.3, 0.4) is 0 Å². The molecule has 0 amide bonds. The molecule has 0 saturated carbocycles. The maximum atomic E-state index is 5.79. The van der Waals surface area contributed by atoms with Crippen LogP contribution in [0.1, 0.15) is 34.0 Å².